The van der Waals surface area contributed by atoms with Crippen molar-refractivity contribution in [3.63, 3.8) is 0 Å². The van der Waals surface area contributed by atoms with Crippen LogP contribution in [0.15, 0.2) is 24.7 Å². The molecule has 3 aromatic heterocycles. The van der Waals surface area contributed by atoms with Gasteiger partial charge in [0.15, 0.2) is 17.5 Å². The van der Waals surface area contributed by atoms with Crippen molar-refractivity contribution < 1.29 is 8.42 Å². The summed E-state index contributed by atoms with van der Waals surface area (Å²) in [6, 6.07) is 2.17. The highest BCUT2D eigenvalue weighted by atomic mass is 32.2. The lowest BCUT2D eigenvalue weighted by Crippen LogP contribution is -2.42. The van der Waals surface area contributed by atoms with Crippen molar-refractivity contribution in [3.8, 4) is 17.1 Å². The first-order valence-corrected chi connectivity index (χ1v) is 12.8. The summed E-state index contributed by atoms with van der Waals surface area (Å²) in [7, 11) is -3.48. The molecule has 0 radical (unpaired) electrons. The van der Waals surface area contributed by atoms with Gasteiger partial charge in [-0.2, -0.15) is 0 Å². The van der Waals surface area contributed by atoms with Crippen LogP contribution in [0.4, 0.5) is 11.5 Å². The van der Waals surface area contributed by atoms with Crippen LogP contribution in [0.1, 0.15) is 56.7 Å². The van der Waals surface area contributed by atoms with Crippen molar-refractivity contribution in [3.05, 3.63) is 36.3 Å². The van der Waals surface area contributed by atoms with Crippen LogP contribution in [0.3, 0.4) is 0 Å². The number of anilines is 2. The van der Waals surface area contributed by atoms with Crippen LogP contribution in [-0.4, -0.2) is 50.4 Å². The minimum atomic E-state index is -3.48. The summed E-state index contributed by atoms with van der Waals surface area (Å²) in [5.41, 5.74) is 1.79. The Balaban J connectivity index is 1.69. The van der Waals surface area contributed by atoms with Gasteiger partial charge in [-0.05, 0) is 32.3 Å². The van der Waals surface area contributed by atoms with E-state index in [4.69, 9.17) is 4.98 Å². The van der Waals surface area contributed by atoms with Gasteiger partial charge in [-0.15, -0.1) is 10.2 Å². The Kier molecular flexibility index (Phi) is 5.07. The summed E-state index contributed by atoms with van der Waals surface area (Å²) < 4.78 is 28.3. The number of nitrogens with zero attached hydrogens (tertiary/aromatic N) is 7. The first-order valence-electron chi connectivity index (χ1n) is 10.9. The average molecular weight is 455 g/mol. The van der Waals surface area contributed by atoms with Gasteiger partial charge in [-0.1, -0.05) is 19.8 Å². The largest absolute Gasteiger partial charge is 0.342 e. The molecule has 32 heavy (non-hydrogen) atoms. The third-order valence-electron chi connectivity index (χ3n) is 6.18. The number of aromatic nitrogens is 6. The van der Waals surface area contributed by atoms with Gasteiger partial charge in [0.1, 0.15) is 11.5 Å². The van der Waals surface area contributed by atoms with Crippen LogP contribution in [0.25, 0.3) is 17.1 Å². The minimum absolute atomic E-state index is 0.0700. The molecule has 168 valence electrons. The third-order valence-corrected chi connectivity index (χ3v) is 6.77. The molecule has 1 fully saturated rings. The van der Waals surface area contributed by atoms with E-state index in [9.17, 15) is 8.42 Å². The number of rotatable bonds is 5. The van der Waals surface area contributed by atoms with E-state index in [0.29, 0.717) is 23.1 Å². The Labute approximate surface area is 187 Å². The molecule has 11 heteroatoms. The van der Waals surface area contributed by atoms with E-state index in [2.05, 4.69) is 36.7 Å². The van der Waals surface area contributed by atoms with Crippen molar-refractivity contribution in [1.29, 1.82) is 0 Å². The zero-order valence-corrected chi connectivity index (χ0v) is 19.2. The molecule has 1 atom stereocenters. The maximum atomic E-state index is 11.9. The van der Waals surface area contributed by atoms with Crippen molar-refractivity contribution in [2.75, 3.05) is 15.9 Å². The van der Waals surface area contributed by atoms with Crippen LogP contribution < -0.4 is 9.62 Å². The molecular formula is C21H26N8O2S. The van der Waals surface area contributed by atoms with Crippen molar-refractivity contribution in [2.45, 2.75) is 58.0 Å². The molecule has 3 aromatic rings. The summed E-state index contributed by atoms with van der Waals surface area (Å²) in [6.45, 7) is 4.09. The minimum Gasteiger partial charge on any atom is -0.342 e. The first kappa shape index (κ1) is 20.8. The second-order valence-electron chi connectivity index (χ2n) is 8.41. The normalized spacial score (nSPS) is 18.5. The quantitative estimate of drug-likeness (QED) is 0.625. The van der Waals surface area contributed by atoms with Crippen molar-refractivity contribution in [2.24, 2.45) is 0 Å². The van der Waals surface area contributed by atoms with Gasteiger partial charge in [-0.25, -0.2) is 18.4 Å². The van der Waals surface area contributed by atoms with Gasteiger partial charge < -0.3 is 4.90 Å². The number of hydrogen-bond acceptors (Lipinski definition) is 8. The maximum Gasteiger partial charge on any atom is 0.229 e. The topological polar surface area (TPSA) is 119 Å². The molecule has 0 bridgehead atoms. The molecule has 0 spiro atoms. The fraction of sp³-hybridized carbons (Fsp3) is 0.476. The average Bonchev–Trinajstić information content (AvgIpc) is 3.42. The lowest BCUT2D eigenvalue weighted by molar-refractivity contribution is 0.468. The molecule has 1 saturated carbocycles. The molecule has 1 unspecified atom stereocenters. The molecule has 1 aliphatic carbocycles. The summed E-state index contributed by atoms with van der Waals surface area (Å²) in [6.07, 6.45) is 11.5. The van der Waals surface area contributed by atoms with E-state index < -0.39 is 10.0 Å². The third kappa shape index (κ3) is 3.50. The monoisotopic (exact) mass is 454 g/mol. The molecule has 0 saturated heterocycles. The Hall–Kier alpha value is -3.08. The molecule has 5 rings (SSSR count). The highest BCUT2D eigenvalue weighted by molar-refractivity contribution is 7.92. The lowest BCUT2D eigenvalue weighted by atomic mass is 10.0. The molecule has 0 amide bonds. The predicted molar refractivity (Wildman–Crippen MR) is 121 cm³/mol. The lowest BCUT2D eigenvalue weighted by Gasteiger charge is -2.41. The van der Waals surface area contributed by atoms with E-state index in [0.717, 1.165) is 48.7 Å². The molecular weight excluding hydrogens is 428 g/mol. The molecule has 2 aliphatic rings. The molecule has 10 nitrogen and oxygen atoms in total. The number of hydrogen-bond donors (Lipinski definition) is 1. The van der Waals surface area contributed by atoms with E-state index in [1.54, 1.807) is 18.5 Å². The van der Waals surface area contributed by atoms with Gasteiger partial charge in [0.05, 0.1) is 30.4 Å². The number of aryl methyl sites for hydroxylation is 1. The molecule has 1 N–H and O–H groups in total. The van der Waals surface area contributed by atoms with E-state index in [1.165, 1.54) is 19.0 Å². The van der Waals surface area contributed by atoms with Crippen LogP contribution in [0.2, 0.25) is 0 Å². The Morgan fingerprint density at radius 1 is 1.19 bits per heavy atom. The van der Waals surface area contributed by atoms with Crippen LogP contribution in [0.5, 0.6) is 0 Å². The highest BCUT2D eigenvalue weighted by Crippen LogP contribution is 2.43. The summed E-state index contributed by atoms with van der Waals surface area (Å²) in [5, 5.41) is 8.83. The Bertz CT molecular complexity index is 1270. The summed E-state index contributed by atoms with van der Waals surface area (Å²) in [5.74, 6) is 3.00. The van der Waals surface area contributed by atoms with Gasteiger partial charge >= 0.3 is 0 Å². The maximum absolute atomic E-state index is 11.9. The molecule has 0 aromatic carbocycles. The van der Waals surface area contributed by atoms with E-state index in [-0.39, 0.29) is 6.04 Å². The number of fused-ring (bicyclic) bond motifs is 3. The standard InChI is InChI=1S/C21H26N8O2S/c1-4-17-21-26-25-13(2)28(21)18-12-23-19(24-20(18)29(17)14-7-5-6-8-14)15-9-10-22-11-16(15)27-32(3,30)31/h9-12,14,17,27H,4-8H2,1-3H3. The number of pyridine rings is 1. The van der Waals surface area contributed by atoms with Crippen molar-refractivity contribution in [1.82, 2.24) is 29.7 Å². The smallest absolute Gasteiger partial charge is 0.229 e. The number of sulfonamides is 1. The second kappa shape index (κ2) is 7.80. The van der Waals surface area contributed by atoms with Crippen LogP contribution >= 0.6 is 0 Å². The van der Waals surface area contributed by atoms with E-state index in [1.807, 2.05) is 11.5 Å². The second-order valence-corrected chi connectivity index (χ2v) is 10.2. The van der Waals surface area contributed by atoms with Crippen LogP contribution in [0, 0.1) is 6.92 Å². The summed E-state index contributed by atoms with van der Waals surface area (Å²) in [4.78, 5) is 16.1. The highest BCUT2D eigenvalue weighted by Gasteiger charge is 2.39. The number of nitrogens with one attached hydrogen (secondary N) is 1. The SMILES string of the molecule is CCC1c2nnc(C)n2-c2cnc(-c3ccncc3NS(C)(=O)=O)nc2N1C1CCCC1. The molecule has 1 aliphatic heterocycles. The Morgan fingerprint density at radius 3 is 2.69 bits per heavy atom. The van der Waals surface area contributed by atoms with Crippen LogP contribution in [-0.2, 0) is 10.0 Å². The van der Waals surface area contributed by atoms with Gasteiger partial charge in [0, 0.05) is 17.8 Å². The first-order chi connectivity index (χ1) is 15.4. The summed E-state index contributed by atoms with van der Waals surface area (Å²) >= 11 is 0. The predicted octanol–water partition coefficient (Wildman–Crippen LogP) is 3.01. The fourth-order valence-corrected chi connectivity index (χ4v) is 5.43. The van der Waals surface area contributed by atoms with Gasteiger partial charge in [-0.3, -0.25) is 14.3 Å². The van der Waals surface area contributed by atoms with Crippen molar-refractivity contribution >= 4 is 21.5 Å². The Morgan fingerprint density at radius 2 is 1.97 bits per heavy atom. The van der Waals surface area contributed by atoms with Gasteiger partial charge in [0.25, 0.3) is 0 Å². The van der Waals surface area contributed by atoms with E-state index >= 15 is 0 Å². The zero-order valence-electron chi connectivity index (χ0n) is 18.4. The van der Waals surface area contributed by atoms with Gasteiger partial charge in [0.2, 0.25) is 10.0 Å². The fourth-order valence-electron chi connectivity index (χ4n) is 4.87. The molecule has 4 heterocycles. The zero-order chi connectivity index (χ0) is 22.5.